The second-order valence-electron chi connectivity index (χ2n) is 1.56. The zero-order valence-corrected chi connectivity index (χ0v) is 4.70. The molecule has 6 nitrogen and oxygen atoms in total. The standard InChI is InChI=1S/C3H8N4O2/c8-7(9)6-3-4-1-2-5-3/h8-9H,1-2H2,(H2,4,5,6). The van der Waals surface area contributed by atoms with Gasteiger partial charge in [0.2, 0.25) is 5.96 Å². The second-order valence-corrected chi connectivity index (χ2v) is 1.56. The first-order chi connectivity index (χ1) is 4.29. The second kappa shape index (κ2) is 2.62. The van der Waals surface area contributed by atoms with E-state index in [-0.39, 0.29) is 5.34 Å². The molecule has 0 aliphatic carbocycles. The molecule has 0 aromatic carbocycles. The minimum absolute atomic E-state index is 0.142. The number of hydrogen-bond acceptors (Lipinski definition) is 6. The molecule has 4 N–H and O–H groups in total. The van der Waals surface area contributed by atoms with Gasteiger partial charge in [-0.05, 0) is 0 Å². The Morgan fingerprint density at radius 1 is 1.67 bits per heavy atom. The van der Waals surface area contributed by atoms with Crippen LogP contribution in [0.3, 0.4) is 0 Å². The van der Waals surface area contributed by atoms with Crippen LogP contribution in [-0.4, -0.2) is 34.8 Å². The van der Waals surface area contributed by atoms with Crippen molar-refractivity contribution in [2.45, 2.75) is 0 Å². The lowest BCUT2D eigenvalue weighted by Gasteiger charge is -2.07. The quantitative estimate of drug-likeness (QED) is 0.327. The molecule has 0 radical (unpaired) electrons. The zero-order valence-electron chi connectivity index (χ0n) is 4.70. The molecule has 0 aromatic rings. The summed E-state index contributed by atoms with van der Waals surface area (Å²) in [4.78, 5) is 3.81. The van der Waals surface area contributed by atoms with E-state index in [9.17, 15) is 0 Å². The molecular formula is C3H8N4O2. The number of hydrazine groups is 1. The first-order valence-electron chi connectivity index (χ1n) is 2.52. The fourth-order valence-corrected chi connectivity index (χ4v) is 0.568. The van der Waals surface area contributed by atoms with E-state index >= 15 is 0 Å². The smallest absolute Gasteiger partial charge is 0.209 e. The third kappa shape index (κ3) is 1.84. The van der Waals surface area contributed by atoms with Gasteiger partial charge in [0.15, 0.2) is 0 Å². The van der Waals surface area contributed by atoms with Gasteiger partial charge in [-0.3, -0.25) is 15.4 Å². The van der Waals surface area contributed by atoms with Gasteiger partial charge in [0.1, 0.15) is 0 Å². The maximum Gasteiger partial charge on any atom is 0.209 e. The van der Waals surface area contributed by atoms with Crippen molar-refractivity contribution in [3.8, 4) is 0 Å². The van der Waals surface area contributed by atoms with Gasteiger partial charge in [0, 0.05) is 11.9 Å². The number of nitrogens with zero attached hydrogens (tertiary/aromatic N) is 2. The highest BCUT2D eigenvalue weighted by molar-refractivity contribution is 5.80. The summed E-state index contributed by atoms with van der Waals surface area (Å²) >= 11 is 0. The van der Waals surface area contributed by atoms with E-state index in [0.717, 1.165) is 6.54 Å². The summed E-state index contributed by atoms with van der Waals surface area (Å²) in [5, 5.41) is 19.0. The van der Waals surface area contributed by atoms with Crippen LogP contribution in [0.25, 0.3) is 0 Å². The fourth-order valence-electron chi connectivity index (χ4n) is 0.568. The number of nitrogens with one attached hydrogen (secondary N) is 2. The lowest BCUT2D eigenvalue weighted by atomic mass is 10.7. The van der Waals surface area contributed by atoms with Crippen LogP contribution in [-0.2, 0) is 0 Å². The minimum Gasteiger partial charge on any atom is -0.353 e. The molecule has 0 atom stereocenters. The maximum absolute atomic E-state index is 8.17. The highest BCUT2D eigenvalue weighted by Gasteiger charge is 2.04. The van der Waals surface area contributed by atoms with Crippen molar-refractivity contribution in [3.05, 3.63) is 0 Å². The topological polar surface area (TPSA) is 80.1 Å². The molecule has 0 aromatic heterocycles. The predicted octanol–water partition coefficient (Wildman–Crippen LogP) is -1.47. The molecule has 1 rings (SSSR count). The molecule has 0 saturated heterocycles. The van der Waals surface area contributed by atoms with Crippen LogP contribution >= 0.6 is 0 Å². The molecule has 0 unspecified atom stereocenters. The molecular weight excluding hydrogens is 124 g/mol. The molecule has 0 saturated carbocycles. The summed E-state index contributed by atoms with van der Waals surface area (Å²) in [5.74, 6) is 0.375. The van der Waals surface area contributed by atoms with Crippen LogP contribution in [0.4, 0.5) is 0 Å². The first kappa shape index (κ1) is 6.27. The van der Waals surface area contributed by atoms with E-state index < -0.39 is 0 Å². The zero-order chi connectivity index (χ0) is 6.69. The summed E-state index contributed by atoms with van der Waals surface area (Å²) in [7, 11) is 0. The molecule has 1 heterocycles. The highest BCUT2D eigenvalue weighted by atomic mass is 16.8. The van der Waals surface area contributed by atoms with Crippen LogP contribution in [0.1, 0.15) is 0 Å². The average Bonchev–Trinajstić information content (AvgIpc) is 2.15. The van der Waals surface area contributed by atoms with Crippen LogP contribution in [0.5, 0.6) is 0 Å². The predicted molar refractivity (Wildman–Crippen MR) is 28.9 cm³/mol. The number of hydrogen-bond donors (Lipinski definition) is 4. The van der Waals surface area contributed by atoms with Crippen molar-refractivity contribution in [2.24, 2.45) is 4.99 Å². The summed E-state index contributed by atoms with van der Waals surface area (Å²) < 4.78 is 0. The Kier molecular flexibility index (Phi) is 1.83. The van der Waals surface area contributed by atoms with Crippen LogP contribution in [0, 0.1) is 0 Å². The van der Waals surface area contributed by atoms with Gasteiger partial charge in [0.25, 0.3) is 0 Å². The van der Waals surface area contributed by atoms with Gasteiger partial charge in [-0.15, -0.1) is 0 Å². The Labute approximate surface area is 51.7 Å². The average molecular weight is 132 g/mol. The summed E-state index contributed by atoms with van der Waals surface area (Å²) in [6, 6.07) is 0. The molecule has 52 valence electrons. The normalized spacial score (nSPS) is 17.4. The highest BCUT2D eigenvalue weighted by Crippen LogP contribution is 1.79. The van der Waals surface area contributed by atoms with Gasteiger partial charge in [-0.1, -0.05) is 0 Å². The molecule has 0 spiro atoms. The molecule has 0 bridgehead atoms. The Morgan fingerprint density at radius 3 is 2.89 bits per heavy atom. The lowest BCUT2D eigenvalue weighted by molar-refractivity contribution is -0.329. The molecule has 0 fully saturated rings. The number of guanidine groups is 1. The Hall–Kier alpha value is -0.850. The van der Waals surface area contributed by atoms with Crippen LogP contribution in [0.2, 0.25) is 0 Å². The SMILES string of the molecule is ON(O)NC1=NCCN1. The molecule has 9 heavy (non-hydrogen) atoms. The summed E-state index contributed by atoms with van der Waals surface area (Å²) in [6.07, 6.45) is 0. The van der Waals surface area contributed by atoms with Crippen molar-refractivity contribution in [1.82, 2.24) is 16.1 Å². The lowest BCUT2D eigenvalue weighted by Crippen LogP contribution is -2.42. The van der Waals surface area contributed by atoms with E-state index in [0.29, 0.717) is 12.5 Å². The number of aliphatic imine (C=N–C) groups is 1. The number of rotatable bonds is 1. The van der Waals surface area contributed by atoms with E-state index in [2.05, 4.69) is 15.7 Å². The summed E-state index contributed by atoms with van der Waals surface area (Å²) in [6.45, 7) is 1.40. The van der Waals surface area contributed by atoms with Crippen molar-refractivity contribution >= 4 is 5.96 Å². The first-order valence-corrected chi connectivity index (χ1v) is 2.52. The Morgan fingerprint density at radius 2 is 2.44 bits per heavy atom. The Bertz CT molecular complexity index is 123. The largest absolute Gasteiger partial charge is 0.353 e. The van der Waals surface area contributed by atoms with Gasteiger partial charge >= 0.3 is 0 Å². The van der Waals surface area contributed by atoms with E-state index in [1.54, 1.807) is 0 Å². The molecule has 1 aliphatic heterocycles. The van der Waals surface area contributed by atoms with E-state index in [4.69, 9.17) is 10.4 Å². The van der Waals surface area contributed by atoms with Gasteiger partial charge in [0.05, 0.1) is 6.54 Å². The third-order valence-corrected chi connectivity index (χ3v) is 0.880. The van der Waals surface area contributed by atoms with Crippen molar-refractivity contribution in [3.63, 3.8) is 0 Å². The molecule has 1 aliphatic rings. The minimum atomic E-state index is -0.142. The maximum atomic E-state index is 8.17. The van der Waals surface area contributed by atoms with Crippen molar-refractivity contribution < 1.29 is 10.4 Å². The van der Waals surface area contributed by atoms with Crippen molar-refractivity contribution in [1.29, 1.82) is 0 Å². The van der Waals surface area contributed by atoms with E-state index in [1.807, 2.05) is 0 Å². The van der Waals surface area contributed by atoms with Gasteiger partial charge in [-0.25, -0.2) is 5.43 Å². The van der Waals surface area contributed by atoms with E-state index in [1.165, 1.54) is 0 Å². The fraction of sp³-hybridized carbons (Fsp3) is 0.667. The van der Waals surface area contributed by atoms with Crippen LogP contribution < -0.4 is 10.7 Å². The molecule has 6 heteroatoms. The Balaban J connectivity index is 2.26. The monoisotopic (exact) mass is 132 g/mol. The van der Waals surface area contributed by atoms with Crippen LogP contribution in [0.15, 0.2) is 4.99 Å². The summed E-state index contributed by atoms with van der Waals surface area (Å²) in [5.41, 5.74) is 2.12. The third-order valence-electron chi connectivity index (χ3n) is 0.880. The van der Waals surface area contributed by atoms with Gasteiger partial charge in [-0.2, -0.15) is 0 Å². The van der Waals surface area contributed by atoms with Gasteiger partial charge < -0.3 is 5.32 Å². The molecule has 0 amide bonds. The van der Waals surface area contributed by atoms with Crippen molar-refractivity contribution in [2.75, 3.05) is 13.1 Å².